The molecule has 0 amide bonds. The average Bonchev–Trinajstić information content (AvgIpc) is 2.55. The van der Waals surface area contributed by atoms with Crippen molar-refractivity contribution in [1.29, 1.82) is 0 Å². The minimum absolute atomic E-state index is 0. The molecule has 0 unspecified atom stereocenters. The Kier molecular flexibility index (Phi) is 3.25. The van der Waals surface area contributed by atoms with Gasteiger partial charge < -0.3 is 4.74 Å². The molecule has 1 spiro atoms. The van der Waals surface area contributed by atoms with E-state index in [4.69, 9.17) is 4.74 Å². The Morgan fingerprint density at radius 1 is 1.18 bits per heavy atom. The number of benzene rings is 1. The monoisotopic (exact) mass is 300 g/mol. The van der Waals surface area contributed by atoms with Crippen molar-refractivity contribution in [1.82, 2.24) is 0 Å². The smallest absolute Gasteiger partial charge is 0.322 e. The molecule has 0 aromatic heterocycles. The lowest BCUT2D eigenvalue weighted by Crippen LogP contribution is -2.36. The van der Waals surface area contributed by atoms with Crippen LogP contribution in [0, 0.1) is 5.82 Å². The minimum Gasteiger partial charge on any atom is -0.425 e. The van der Waals surface area contributed by atoms with Gasteiger partial charge in [0.05, 0.1) is 5.41 Å². The summed E-state index contributed by atoms with van der Waals surface area (Å²) in [4.78, 5) is 12.0. The zero-order valence-electron chi connectivity index (χ0n) is 9.37. The molecule has 1 aliphatic carbocycles. The summed E-state index contributed by atoms with van der Waals surface area (Å²) in [5.41, 5.74) is -0.182. The molecule has 0 N–H and O–H groups in total. The lowest BCUT2D eigenvalue weighted by molar-refractivity contribution is -0.139. The van der Waals surface area contributed by atoms with Crippen LogP contribution < -0.4 is 4.74 Å². The van der Waals surface area contributed by atoms with E-state index in [1.54, 1.807) is 12.1 Å². The predicted octanol–water partition coefficient (Wildman–Crippen LogP) is 3.52. The third-order valence-corrected chi connectivity index (χ3v) is 3.75. The van der Waals surface area contributed by atoms with Gasteiger partial charge in [0.2, 0.25) is 0 Å². The van der Waals surface area contributed by atoms with Gasteiger partial charge in [-0.25, -0.2) is 4.39 Å². The van der Waals surface area contributed by atoms with Crippen molar-refractivity contribution < 1.29 is 13.9 Å². The van der Waals surface area contributed by atoms with Crippen LogP contribution in [-0.2, 0) is 10.2 Å². The molecule has 0 bridgehead atoms. The summed E-state index contributed by atoms with van der Waals surface area (Å²) in [5.74, 6) is -0.135. The molecule has 1 heterocycles. The second-order valence-corrected chi connectivity index (χ2v) is 4.65. The number of hydrogen-bond donors (Lipinski definition) is 0. The average molecular weight is 301 g/mol. The summed E-state index contributed by atoms with van der Waals surface area (Å²) < 4.78 is 19.1. The first-order chi connectivity index (χ1) is 7.74. The van der Waals surface area contributed by atoms with Gasteiger partial charge >= 0.3 is 5.97 Å². The Bertz CT molecular complexity index is 453. The van der Waals surface area contributed by atoms with Gasteiger partial charge in [0.25, 0.3) is 0 Å². The Morgan fingerprint density at radius 3 is 2.59 bits per heavy atom. The number of halogens is 2. The van der Waals surface area contributed by atoms with Crippen LogP contribution in [0.5, 0.6) is 5.75 Å². The van der Waals surface area contributed by atoms with E-state index in [-0.39, 0.29) is 28.8 Å². The minimum atomic E-state index is -0.682. The van der Waals surface area contributed by atoms with Crippen molar-refractivity contribution in [3.05, 3.63) is 29.6 Å². The predicted molar refractivity (Wildman–Crippen MR) is 67.1 cm³/mol. The molecule has 2 aliphatic rings. The first kappa shape index (κ1) is 12.6. The zero-order valence-corrected chi connectivity index (χ0v) is 11.1. The standard InChI is InChI=1S/C13H13FO2.BrH/c14-9-5-4-6-10-11(9)13(12(15)16-10)7-2-1-3-8-13;/h4-6H,1-3,7-8H2;1H. The first-order valence-electron chi connectivity index (χ1n) is 5.75. The Balaban J connectivity index is 0.00000108. The summed E-state index contributed by atoms with van der Waals surface area (Å²) in [6.07, 6.45) is 4.52. The van der Waals surface area contributed by atoms with Crippen LogP contribution in [0.15, 0.2) is 18.2 Å². The maximum atomic E-state index is 13.9. The number of fused-ring (bicyclic) bond motifs is 2. The maximum Gasteiger partial charge on any atom is 0.322 e. The summed E-state index contributed by atoms with van der Waals surface area (Å²) >= 11 is 0. The second kappa shape index (κ2) is 4.41. The van der Waals surface area contributed by atoms with E-state index < -0.39 is 5.41 Å². The van der Waals surface area contributed by atoms with Gasteiger partial charge in [-0.05, 0) is 25.0 Å². The van der Waals surface area contributed by atoms with Crippen LogP contribution in [0.1, 0.15) is 37.7 Å². The Hall–Kier alpha value is -0.900. The molecule has 4 heteroatoms. The number of rotatable bonds is 0. The normalized spacial score (nSPS) is 20.6. The Morgan fingerprint density at radius 2 is 1.88 bits per heavy atom. The van der Waals surface area contributed by atoms with Gasteiger partial charge in [0, 0.05) is 5.56 Å². The fourth-order valence-electron chi connectivity index (χ4n) is 2.96. The van der Waals surface area contributed by atoms with Gasteiger partial charge in [-0.3, -0.25) is 4.79 Å². The highest BCUT2D eigenvalue weighted by atomic mass is 79.9. The van der Waals surface area contributed by atoms with Gasteiger partial charge in [-0.2, -0.15) is 0 Å². The third-order valence-electron chi connectivity index (χ3n) is 3.75. The molecule has 0 atom stereocenters. The molecule has 0 radical (unpaired) electrons. The number of hydrogen-bond acceptors (Lipinski definition) is 2. The SMILES string of the molecule is Br.O=C1Oc2cccc(F)c2C12CCCCC2. The topological polar surface area (TPSA) is 26.3 Å². The van der Waals surface area contributed by atoms with E-state index in [0.29, 0.717) is 11.3 Å². The molecule has 1 fully saturated rings. The van der Waals surface area contributed by atoms with Gasteiger partial charge in [0.1, 0.15) is 11.6 Å². The van der Waals surface area contributed by atoms with Crippen LogP contribution in [0.25, 0.3) is 0 Å². The van der Waals surface area contributed by atoms with Crippen molar-refractivity contribution in [3.63, 3.8) is 0 Å². The number of esters is 1. The fourth-order valence-corrected chi connectivity index (χ4v) is 2.96. The summed E-state index contributed by atoms with van der Waals surface area (Å²) in [7, 11) is 0. The van der Waals surface area contributed by atoms with E-state index in [1.165, 1.54) is 6.07 Å². The van der Waals surface area contributed by atoms with E-state index in [0.717, 1.165) is 32.1 Å². The zero-order chi connectivity index (χ0) is 11.2. The lowest BCUT2D eigenvalue weighted by atomic mass is 9.70. The lowest BCUT2D eigenvalue weighted by Gasteiger charge is -2.29. The second-order valence-electron chi connectivity index (χ2n) is 4.65. The molecule has 1 aromatic carbocycles. The highest BCUT2D eigenvalue weighted by Crippen LogP contribution is 2.49. The molecule has 1 aliphatic heterocycles. The van der Waals surface area contributed by atoms with Gasteiger partial charge in [-0.15, -0.1) is 17.0 Å². The highest BCUT2D eigenvalue weighted by molar-refractivity contribution is 8.93. The fraction of sp³-hybridized carbons (Fsp3) is 0.462. The maximum absolute atomic E-state index is 13.9. The van der Waals surface area contributed by atoms with Crippen LogP contribution in [-0.4, -0.2) is 5.97 Å². The van der Waals surface area contributed by atoms with Crippen LogP contribution in [0.4, 0.5) is 4.39 Å². The van der Waals surface area contributed by atoms with E-state index in [1.807, 2.05) is 0 Å². The molecular formula is C13H14BrFO2. The van der Waals surface area contributed by atoms with Crippen LogP contribution >= 0.6 is 17.0 Å². The number of carbonyl (C=O) groups excluding carboxylic acids is 1. The van der Waals surface area contributed by atoms with Crippen molar-refractivity contribution >= 4 is 23.0 Å². The van der Waals surface area contributed by atoms with Crippen molar-refractivity contribution in [3.8, 4) is 5.75 Å². The van der Waals surface area contributed by atoms with Crippen molar-refractivity contribution in [2.45, 2.75) is 37.5 Å². The Labute approximate surface area is 110 Å². The van der Waals surface area contributed by atoms with Crippen molar-refractivity contribution in [2.75, 3.05) is 0 Å². The van der Waals surface area contributed by atoms with Crippen LogP contribution in [0.3, 0.4) is 0 Å². The summed E-state index contributed by atoms with van der Waals surface area (Å²) in [6.45, 7) is 0. The molecule has 92 valence electrons. The molecule has 1 aromatic rings. The first-order valence-corrected chi connectivity index (χ1v) is 5.75. The summed E-state index contributed by atoms with van der Waals surface area (Å²) in [6, 6.07) is 4.68. The van der Waals surface area contributed by atoms with E-state index in [9.17, 15) is 9.18 Å². The van der Waals surface area contributed by atoms with E-state index >= 15 is 0 Å². The highest BCUT2D eigenvalue weighted by Gasteiger charge is 2.51. The molecule has 2 nitrogen and oxygen atoms in total. The number of carbonyl (C=O) groups is 1. The quantitative estimate of drug-likeness (QED) is 0.541. The molecule has 17 heavy (non-hydrogen) atoms. The largest absolute Gasteiger partial charge is 0.425 e. The number of ether oxygens (including phenoxy) is 1. The summed E-state index contributed by atoms with van der Waals surface area (Å²) in [5, 5.41) is 0. The third kappa shape index (κ3) is 1.69. The molecule has 1 saturated carbocycles. The van der Waals surface area contributed by atoms with Crippen LogP contribution in [0.2, 0.25) is 0 Å². The molecule has 3 rings (SSSR count). The van der Waals surface area contributed by atoms with Crippen molar-refractivity contribution in [2.24, 2.45) is 0 Å². The van der Waals surface area contributed by atoms with E-state index in [2.05, 4.69) is 0 Å². The molecule has 0 saturated heterocycles. The molecular weight excluding hydrogens is 287 g/mol. The van der Waals surface area contributed by atoms with Gasteiger partial charge in [0.15, 0.2) is 0 Å². The van der Waals surface area contributed by atoms with Gasteiger partial charge in [-0.1, -0.05) is 25.3 Å².